The summed E-state index contributed by atoms with van der Waals surface area (Å²) in [6, 6.07) is -0.191. The number of rotatable bonds is 3. The SMILES string of the molecule is CC[C@@H]1CCCN(CN2C(=O)N[C@@]3(C[C@@H](C)CC(C)(C)C3)C2=O)C1. The zero-order chi connectivity index (χ0) is 17.5. The van der Waals surface area contributed by atoms with Gasteiger partial charge in [0.15, 0.2) is 0 Å². The van der Waals surface area contributed by atoms with E-state index in [2.05, 4.69) is 37.9 Å². The van der Waals surface area contributed by atoms with Gasteiger partial charge in [-0.2, -0.15) is 0 Å². The Morgan fingerprint density at radius 1 is 1.25 bits per heavy atom. The monoisotopic (exact) mass is 335 g/mol. The Bertz CT molecular complexity index is 519. The van der Waals surface area contributed by atoms with Crippen molar-refractivity contribution in [2.45, 2.75) is 71.8 Å². The summed E-state index contributed by atoms with van der Waals surface area (Å²) in [5.41, 5.74) is -0.576. The molecule has 0 aromatic rings. The van der Waals surface area contributed by atoms with Crippen LogP contribution in [0.25, 0.3) is 0 Å². The second-order valence-electron chi connectivity index (χ2n) is 9.23. The van der Waals surface area contributed by atoms with E-state index in [0.717, 1.165) is 38.8 Å². The number of hydrogen-bond donors (Lipinski definition) is 1. The highest BCUT2D eigenvalue weighted by Gasteiger charge is 2.56. The van der Waals surface area contributed by atoms with Gasteiger partial charge in [-0.3, -0.25) is 9.69 Å². The number of nitrogens with one attached hydrogen (secondary N) is 1. The lowest BCUT2D eigenvalue weighted by atomic mass is 9.64. The molecule has 2 heterocycles. The maximum absolute atomic E-state index is 13.2. The molecule has 1 aliphatic carbocycles. The predicted molar refractivity (Wildman–Crippen MR) is 94.4 cm³/mol. The van der Waals surface area contributed by atoms with Crippen LogP contribution in [-0.2, 0) is 4.79 Å². The fourth-order valence-electron chi connectivity index (χ4n) is 5.45. The van der Waals surface area contributed by atoms with Gasteiger partial charge in [0, 0.05) is 6.54 Å². The van der Waals surface area contributed by atoms with E-state index >= 15 is 0 Å². The van der Waals surface area contributed by atoms with Crippen LogP contribution in [-0.4, -0.2) is 47.0 Å². The first-order valence-corrected chi connectivity index (χ1v) is 9.61. The van der Waals surface area contributed by atoms with Gasteiger partial charge in [0.2, 0.25) is 0 Å². The molecule has 0 unspecified atom stereocenters. The first kappa shape index (κ1) is 17.7. The predicted octanol–water partition coefficient (Wildman–Crippen LogP) is 3.20. The molecular weight excluding hydrogens is 302 g/mol. The molecule has 0 aromatic heterocycles. The van der Waals surface area contributed by atoms with Crippen LogP contribution < -0.4 is 5.32 Å². The molecule has 3 fully saturated rings. The van der Waals surface area contributed by atoms with Crippen LogP contribution in [0.2, 0.25) is 0 Å². The van der Waals surface area contributed by atoms with Crippen LogP contribution in [0, 0.1) is 17.3 Å². The second-order valence-corrected chi connectivity index (χ2v) is 9.23. The molecule has 5 heteroatoms. The molecule has 2 aliphatic heterocycles. The third-order valence-electron chi connectivity index (χ3n) is 6.15. The highest BCUT2D eigenvalue weighted by molar-refractivity contribution is 6.07. The Hall–Kier alpha value is -1.10. The van der Waals surface area contributed by atoms with Gasteiger partial charge in [0.05, 0.1) is 6.67 Å². The van der Waals surface area contributed by atoms with Crippen molar-refractivity contribution < 1.29 is 9.59 Å². The van der Waals surface area contributed by atoms with Crippen molar-refractivity contribution in [2.24, 2.45) is 17.3 Å². The van der Waals surface area contributed by atoms with Crippen molar-refractivity contribution in [2.75, 3.05) is 19.8 Å². The molecule has 5 nitrogen and oxygen atoms in total. The Morgan fingerprint density at radius 2 is 2.00 bits per heavy atom. The van der Waals surface area contributed by atoms with Gasteiger partial charge in [0.1, 0.15) is 5.54 Å². The average Bonchev–Trinajstić information content (AvgIpc) is 2.69. The molecule has 3 rings (SSSR count). The molecule has 0 radical (unpaired) electrons. The molecule has 3 amide bonds. The summed E-state index contributed by atoms with van der Waals surface area (Å²) in [6.45, 7) is 11.3. The highest BCUT2D eigenvalue weighted by atomic mass is 16.2. The first-order chi connectivity index (χ1) is 11.2. The fraction of sp³-hybridized carbons (Fsp3) is 0.895. The number of hydrogen-bond acceptors (Lipinski definition) is 3. The number of carbonyl (C=O) groups is 2. The zero-order valence-electron chi connectivity index (χ0n) is 15.7. The maximum atomic E-state index is 13.2. The average molecular weight is 335 g/mol. The van der Waals surface area contributed by atoms with Crippen molar-refractivity contribution in [1.82, 2.24) is 15.1 Å². The second kappa shape index (κ2) is 6.32. The number of carbonyl (C=O) groups excluding carboxylic acids is 2. The van der Waals surface area contributed by atoms with Crippen molar-refractivity contribution in [1.29, 1.82) is 0 Å². The topological polar surface area (TPSA) is 52.6 Å². The van der Waals surface area contributed by atoms with Crippen molar-refractivity contribution in [3.63, 3.8) is 0 Å². The minimum Gasteiger partial charge on any atom is -0.323 e. The van der Waals surface area contributed by atoms with E-state index in [4.69, 9.17) is 0 Å². The molecule has 3 atom stereocenters. The van der Waals surface area contributed by atoms with Gasteiger partial charge < -0.3 is 5.32 Å². The standard InChI is InChI=1S/C19H33N3O2/c1-5-15-7-6-8-21(11-15)13-22-16(23)19(20-17(22)24)10-14(2)9-18(3,4)12-19/h14-15H,5-13H2,1-4H3,(H,20,24)/t14-,15+,19+/m0/s1. The van der Waals surface area contributed by atoms with Gasteiger partial charge in [-0.1, -0.05) is 34.1 Å². The molecule has 136 valence electrons. The number of nitrogens with zero attached hydrogens (tertiary/aromatic N) is 2. The smallest absolute Gasteiger partial charge is 0.323 e. The van der Waals surface area contributed by atoms with E-state index in [9.17, 15) is 9.59 Å². The van der Waals surface area contributed by atoms with E-state index in [-0.39, 0.29) is 17.4 Å². The summed E-state index contributed by atoms with van der Waals surface area (Å²) in [6.07, 6.45) is 6.24. The minimum atomic E-state index is -0.668. The summed E-state index contributed by atoms with van der Waals surface area (Å²) in [7, 11) is 0. The number of amides is 3. The lowest BCUT2D eigenvalue weighted by Gasteiger charge is -2.44. The third-order valence-corrected chi connectivity index (χ3v) is 6.15. The Labute approximate surface area is 146 Å². The van der Waals surface area contributed by atoms with Crippen LogP contribution >= 0.6 is 0 Å². The molecule has 0 aromatic carbocycles. The number of imide groups is 1. The zero-order valence-corrected chi connectivity index (χ0v) is 15.7. The number of urea groups is 1. The van der Waals surface area contributed by atoms with Crippen LogP contribution in [0.1, 0.15) is 66.2 Å². The quantitative estimate of drug-likeness (QED) is 0.806. The lowest BCUT2D eigenvalue weighted by Crippen LogP contribution is -2.54. The molecule has 0 bridgehead atoms. The fourth-order valence-corrected chi connectivity index (χ4v) is 5.45. The third kappa shape index (κ3) is 3.32. The van der Waals surface area contributed by atoms with Gasteiger partial charge >= 0.3 is 6.03 Å². The molecule has 1 saturated carbocycles. The summed E-state index contributed by atoms with van der Waals surface area (Å²) < 4.78 is 0. The van der Waals surface area contributed by atoms with Crippen LogP contribution in [0.4, 0.5) is 4.79 Å². The maximum Gasteiger partial charge on any atom is 0.326 e. The molecule has 1 spiro atoms. The minimum absolute atomic E-state index is 0.00532. The summed E-state index contributed by atoms with van der Waals surface area (Å²) in [4.78, 5) is 29.5. The largest absolute Gasteiger partial charge is 0.326 e. The van der Waals surface area contributed by atoms with Crippen LogP contribution in [0.15, 0.2) is 0 Å². The van der Waals surface area contributed by atoms with E-state index in [1.807, 2.05) is 0 Å². The Morgan fingerprint density at radius 3 is 2.67 bits per heavy atom. The van der Waals surface area contributed by atoms with E-state index in [0.29, 0.717) is 18.5 Å². The van der Waals surface area contributed by atoms with Crippen molar-refractivity contribution in [3.8, 4) is 0 Å². The molecule has 1 N–H and O–H groups in total. The first-order valence-electron chi connectivity index (χ1n) is 9.61. The number of piperidine rings is 1. The van der Waals surface area contributed by atoms with Crippen LogP contribution in [0.5, 0.6) is 0 Å². The number of likely N-dealkylation sites (tertiary alicyclic amines) is 1. The van der Waals surface area contributed by atoms with E-state index in [1.165, 1.54) is 17.7 Å². The van der Waals surface area contributed by atoms with Gasteiger partial charge in [-0.25, -0.2) is 9.69 Å². The van der Waals surface area contributed by atoms with Crippen molar-refractivity contribution in [3.05, 3.63) is 0 Å². The van der Waals surface area contributed by atoms with Crippen molar-refractivity contribution >= 4 is 11.9 Å². The lowest BCUT2D eigenvalue weighted by molar-refractivity contribution is -0.136. The van der Waals surface area contributed by atoms with E-state index < -0.39 is 5.54 Å². The molecular formula is C19H33N3O2. The Kier molecular flexibility index (Phi) is 4.67. The van der Waals surface area contributed by atoms with Gasteiger partial charge in [-0.15, -0.1) is 0 Å². The molecule has 3 aliphatic rings. The van der Waals surface area contributed by atoms with Crippen LogP contribution in [0.3, 0.4) is 0 Å². The summed E-state index contributed by atoms with van der Waals surface area (Å²) >= 11 is 0. The van der Waals surface area contributed by atoms with E-state index in [1.54, 1.807) is 0 Å². The Balaban J connectivity index is 1.72. The molecule has 2 saturated heterocycles. The van der Waals surface area contributed by atoms with Gasteiger partial charge in [0.25, 0.3) is 5.91 Å². The molecule has 24 heavy (non-hydrogen) atoms. The normalized spacial score (nSPS) is 37.1. The highest BCUT2D eigenvalue weighted by Crippen LogP contribution is 2.46. The van der Waals surface area contributed by atoms with Gasteiger partial charge in [-0.05, 0) is 55.9 Å². The summed E-state index contributed by atoms with van der Waals surface area (Å²) in [5.74, 6) is 1.16. The summed E-state index contributed by atoms with van der Waals surface area (Å²) in [5, 5.41) is 3.08.